The summed E-state index contributed by atoms with van der Waals surface area (Å²) < 4.78 is 29.2. The monoisotopic (exact) mass is 900 g/mol. The Labute approximate surface area is 380 Å². The lowest BCUT2D eigenvalue weighted by atomic mass is 9.78. The van der Waals surface area contributed by atoms with Crippen molar-refractivity contribution in [2.45, 2.75) is 174 Å². The smallest absolute Gasteiger partial charge is 0.329 e. The number of carbonyl (C=O) groups excluding carboxylic acids is 5. The zero-order chi connectivity index (χ0) is 47.5. The summed E-state index contributed by atoms with van der Waals surface area (Å²) in [6.07, 6.45) is 10.5. The molecular formula is C50H77NO13. The van der Waals surface area contributed by atoms with E-state index in [-0.39, 0.29) is 54.8 Å². The maximum Gasteiger partial charge on any atom is 0.329 e. The molecular weight excluding hydrogens is 823 g/mol. The number of Topliss-reactive ketones (excluding diaryl/α,β-unsaturated/α-hetero) is 3. The Kier molecular flexibility index (Phi) is 20.3. The van der Waals surface area contributed by atoms with Crippen molar-refractivity contribution in [1.82, 2.24) is 4.90 Å². The van der Waals surface area contributed by atoms with Crippen LogP contribution in [-0.2, 0) is 47.7 Å². The van der Waals surface area contributed by atoms with Crippen LogP contribution in [0.25, 0.3) is 0 Å². The third-order valence-electron chi connectivity index (χ3n) is 14.2. The van der Waals surface area contributed by atoms with E-state index < -0.39 is 83.9 Å². The molecule has 0 aromatic carbocycles. The quantitative estimate of drug-likeness (QED) is 0.165. The van der Waals surface area contributed by atoms with E-state index >= 15 is 0 Å². The van der Waals surface area contributed by atoms with Crippen LogP contribution >= 0.6 is 0 Å². The molecule has 14 heteroatoms. The predicted molar refractivity (Wildman–Crippen MR) is 241 cm³/mol. The van der Waals surface area contributed by atoms with Crippen LogP contribution in [0.5, 0.6) is 0 Å². The molecule has 64 heavy (non-hydrogen) atoms. The molecule has 14 nitrogen and oxygen atoms in total. The second-order valence-corrected chi connectivity index (χ2v) is 19.2. The number of cyclic esters (lactones) is 1. The number of ketones is 3. The molecule has 0 radical (unpaired) electrons. The first-order chi connectivity index (χ1) is 30.2. The number of fused-ring (bicyclic) bond motifs is 3. The average molecular weight is 900 g/mol. The van der Waals surface area contributed by atoms with Gasteiger partial charge in [0.1, 0.15) is 30.1 Å². The molecule has 0 aromatic heterocycles. The van der Waals surface area contributed by atoms with Crippen LogP contribution in [0.2, 0.25) is 0 Å². The highest BCUT2D eigenvalue weighted by atomic mass is 16.6. The highest BCUT2D eigenvalue weighted by molar-refractivity contribution is 6.39. The highest BCUT2D eigenvalue weighted by Crippen LogP contribution is 2.38. The number of rotatable bonds is 6. The number of aliphatic hydroxyl groups is 3. The summed E-state index contributed by atoms with van der Waals surface area (Å²) in [5.41, 5.74) is 1.26. The zero-order valence-corrected chi connectivity index (χ0v) is 39.9. The molecule has 0 spiro atoms. The Balaban J connectivity index is 1.68. The topological polar surface area (TPSA) is 195 Å². The average Bonchev–Trinajstić information content (AvgIpc) is 3.76. The molecule has 1 amide bonds. The van der Waals surface area contributed by atoms with E-state index in [0.29, 0.717) is 56.9 Å². The molecule has 1 aliphatic carbocycles. The summed E-state index contributed by atoms with van der Waals surface area (Å²) in [7, 11) is 4.51. The van der Waals surface area contributed by atoms with Crippen LogP contribution in [0, 0.1) is 35.5 Å². The molecule has 3 fully saturated rings. The number of hydrogen-bond acceptors (Lipinski definition) is 13. The van der Waals surface area contributed by atoms with E-state index in [1.807, 2.05) is 58.1 Å². The largest absolute Gasteiger partial charge is 0.460 e. The number of nitrogens with zero attached hydrogens (tertiary/aromatic N) is 1. The molecule has 3 heterocycles. The summed E-state index contributed by atoms with van der Waals surface area (Å²) in [6, 6.07) is -1.13. The van der Waals surface area contributed by atoms with Crippen LogP contribution in [0.15, 0.2) is 47.6 Å². The first-order valence-electron chi connectivity index (χ1n) is 23.4. The van der Waals surface area contributed by atoms with Crippen molar-refractivity contribution in [2.75, 3.05) is 27.9 Å². The Hall–Kier alpha value is -3.37. The van der Waals surface area contributed by atoms with E-state index in [1.165, 1.54) is 7.11 Å². The second kappa shape index (κ2) is 24.4. The van der Waals surface area contributed by atoms with Crippen LogP contribution < -0.4 is 0 Å². The van der Waals surface area contributed by atoms with Crippen molar-refractivity contribution >= 4 is 29.2 Å². The van der Waals surface area contributed by atoms with Crippen molar-refractivity contribution < 1.29 is 63.0 Å². The highest BCUT2D eigenvalue weighted by Gasteiger charge is 2.53. The summed E-state index contributed by atoms with van der Waals surface area (Å²) >= 11 is 0. The Morgan fingerprint density at radius 1 is 0.859 bits per heavy atom. The number of hydrogen-bond donors (Lipinski definition) is 3. The third kappa shape index (κ3) is 13.6. The minimum Gasteiger partial charge on any atom is -0.460 e. The van der Waals surface area contributed by atoms with Gasteiger partial charge in [-0.25, -0.2) is 4.79 Å². The standard InChI is InChI=1S/C50H77NO13/c1-29-15-12-11-13-16-30(2)41(60-8)27-37-20-18-35(7)50(59,64-37)47(56)48(57)51-22-14-17-38(51)49(58)63-42(32(4)25-36-19-21-39(52)43(26-36)61-9)28-40(53)31(3)24-34(6)45(55)46(62-10)44(54)33(5)23-29/h11-13,15-16,24,29,31-33,35-39,41-43,45-46,52,55,59H,14,17-23,25-28H2,1-10H3/b13-11+,15-12+,30-16+,34-24+/t29-,31-,32+,33-,35-,36+,37+,38+,39-,41+,42+,43-,45-,46+,50-/m1/s1. The predicted octanol–water partition coefficient (Wildman–Crippen LogP) is 5.79. The van der Waals surface area contributed by atoms with E-state index in [0.717, 1.165) is 16.9 Å². The number of carbonyl (C=O) groups is 5. The van der Waals surface area contributed by atoms with Gasteiger partial charge in [-0.1, -0.05) is 71.1 Å². The van der Waals surface area contributed by atoms with Gasteiger partial charge in [-0.3, -0.25) is 19.2 Å². The van der Waals surface area contributed by atoms with Gasteiger partial charge in [0.15, 0.2) is 5.78 Å². The summed E-state index contributed by atoms with van der Waals surface area (Å²) in [6.45, 7) is 12.7. The first-order valence-corrected chi connectivity index (χ1v) is 23.4. The fourth-order valence-corrected chi connectivity index (χ4v) is 9.95. The number of ether oxygens (including phenoxy) is 5. The molecule has 0 unspecified atom stereocenters. The Morgan fingerprint density at radius 2 is 1.58 bits per heavy atom. The molecule has 4 aliphatic rings. The molecule has 3 aliphatic heterocycles. The molecule has 0 aromatic rings. The van der Waals surface area contributed by atoms with Gasteiger partial charge in [-0.15, -0.1) is 0 Å². The molecule has 360 valence electrons. The van der Waals surface area contributed by atoms with Gasteiger partial charge in [-0.05, 0) is 101 Å². The van der Waals surface area contributed by atoms with Crippen LogP contribution in [0.3, 0.4) is 0 Å². The maximum absolute atomic E-state index is 14.2. The van der Waals surface area contributed by atoms with Gasteiger partial charge in [0.25, 0.3) is 11.7 Å². The van der Waals surface area contributed by atoms with Crippen LogP contribution in [0.4, 0.5) is 0 Å². The van der Waals surface area contributed by atoms with Crippen LogP contribution in [-0.4, -0.2) is 132 Å². The van der Waals surface area contributed by atoms with Crippen molar-refractivity contribution in [3.05, 3.63) is 47.6 Å². The summed E-state index contributed by atoms with van der Waals surface area (Å²) in [4.78, 5) is 71.2. The number of methoxy groups -OCH3 is 3. The lowest BCUT2D eigenvalue weighted by Crippen LogP contribution is -2.59. The van der Waals surface area contributed by atoms with E-state index in [1.54, 1.807) is 41.1 Å². The molecule has 1 saturated carbocycles. The normalized spacial score (nSPS) is 40.7. The minimum absolute atomic E-state index is 0.0199. The first kappa shape index (κ1) is 53.2. The molecule has 3 N–H and O–H groups in total. The minimum atomic E-state index is -2.42. The lowest BCUT2D eigenvalue weighted by Gasteiger charge is -2.41. The van der Waals surface area contributed by atoms with Crippen molar-refractivity contribution in [3.8, 4) is 0 Å². The zero-order valence-electron chi connectivity index (χ0n) is 39.9. The second-order valence-electron chi connectivity index (χ2n) is 19.2. The van der Waals surface area contributed by atoms with Gasteiger partial charge < -0.3 is 43.9 Å². The van der Waals surface area contributed by atoms with E-state index in [4.69, 9.17) is 23.7 Å². The summed E-state index contributed by atoms with van der Waals surface area (Å²) in [5.74, 6) is -7.97. The van der Waals surface area contributed by atoms with Crippen molar-refractivity contribution in [3.63, 3.8) is 0 Å². The van der Waals surface area contributed by atoms with Crippen LogP contribution in [0.1, 0.15) is 119 Å². The number of aliphatic hydroxyl groups excluding tert-OH is 2. The van der Waals surface area contributed by atoms with Crippen molar-refractivity contribution in [2.24, 2.45) is 35.5 Å². The summed E-state index contributed by atoms with van der Waals surface area (Å²) in [5, 5.41) is 33.7. The third-order valence-corrected chi connectivity index (χ3v) is 14.2. The number of amides is 1. The van der Waals surface area contributed by atoms with E-state index in [2.05, 4.69) is 0 Å². The van der Waals surface area contributed by atoms with Gasteiger partial charge in [0, 0.05) is 58.5 Å². The fraction of sp³-hybridized carbons (Fsp3) is 0.740. The molecule has 2 saturated heterocycles. The Bertz CT molecular complexity index is 1740. The Morgan fingerprint density at radius 3 is 2.25 bits per heavy atom. The number of esters is 1. The van der Waals surface area contributed by atoms with Crippen molar-refractivity contribution in [1.29, 1.82) is 0 Å². The van der Waals surface area contributed by atoms with Gasteiger partial charge >= 0.3 is 5.97 Å². The van der Waals surface area contributed by atoms with Gasteiger partial charge in [0.05, 0.1) is 24.4 Å². The number of allylic oxidation sites excluding steroid dienone is 6. The SMILES string of the molecule is CO[C@H]1C[C@@H]2CC[C@@H](C)[C@@](O)(O2)C(=O)C(=O)N2CCC[C@H]2C(=O)O[C@H]([C@@H](C)C[C@@H]2CC[C@@H](O)[C@H](OC)C2)CC(=O)[C@H](C)/C=C(\C)[C@@H](O)[C@@H](OC)C(=O)[C@H](C)C[C@H](C)/C=C/C=C/C=C/1C. The lowest BCUT2D eigenvalue weighted by molar-refractivity contribution is -0.265. The van der Waals surface area contributed by atoms with Gasteiger partial charge in [0.2, 0.25) is 5.79 Å². The maximum atomic E-state index is 14.2. The molecule has 4 rings (SSSR count). The van der Waals surface area contributed by atoms with Gasteiger partial charge in [-0.2, -0.15) is 0 Å². The molecule has 15 atom stereocenters. The fourth-order valence-electron chi connectivity index (χ4n) is 9.95. The molecule has 2 bridgehead atoms. The van der Waals surface area contributed by atoms with E-state index in [9.17, 15) is 39.3 Å².